The topological polar surface area (TPSA) is 35.5 Å². The SMILES string of the molecule is CCOC(C)O[C@@H](C)C=O. The molecular formula is C7H14O3. The molecule has 1 unspecified atom stereocenters. The first-order chi connectivity index (χ1) is 4.70. The summed E-state index contributed by atoms with van der Waals surface area (Å²) in [6.45, 7) is 5.93. The predicted octanol–water partition coefficient (Wildman–Crippen LogP) is 0.973. The molecule has 0 heterocycles. The summed E-state index contributed by atoms with van der Waals surface area (Å²) in [5, 5.41) is 0. The Hall–Kier alpha value is -0.410. The van der Waals surface area contributed by atoms with Crippen LogP contribution >= 0.6 is 0 Å². The van der Waals surface area contributed by atoms with Crippen molar-refractivity contribution < 1.29 is 14.3 Å². The molecule has 0 rings (SSSR count). The van der Waals surface area contributed by atoms with Crippen molar-refractivity contribution in [3.63, 3.8) is 0 Å². The molecule has 0 aromatic carbocycles. The highest BCUT2D eigenvalue weighted by molar-refractivity contribution is 5.55. The average molecular weight is 146 g/mol. The molecule has 0 saturated heterocycles. The quantitative estimate of drug-likeness (QED) is 0.428. The van der Waals surface area contributed by atoms with Gasteiger partial charge in [-0.3, -0.25) is 0 Å². The van der Waals surface area contributed by atoms with E-state index < -0.39 is 0 Å². The molecule has 0 fully saturated rings. The summed E-state index contributed by atoms with van der Waals surface area (Å²) in [6, 6.07) is 0. The molecule has 2 atom stereocenters. The van der Waals surface area contributed by atoms with Crippen LogP contribution in [-0.4, -0.2) is 25.3 Å². The molecular weight excluding hydrogens is 132 g/mol. The van der Waals surface area contributed by atoms with Gasteiger partial charge in [-0.15, -0.1) is 0 Å². The zero-order chi connectivity index (χ0) is 7.98. The average Bonchev–Trinajstić information content (AvgIpc) is 1.88. The molecule has 0 aliphatic carbocycles. The number of hydrogen-bond donors (Lipinski definition) is 0. The highest BCUT2D eigenvalue weighted by Crippen LogP contribution is 1.96. The lowest BCUT2D eigenvalue weighted by molar-refractivity contribution is -0.158. The van der Waals surface area contributed by atoms with Crippen molar-refractivity contribution in [2.75, 3.05) is 6.61 Å². The molecule has 0 radical (unpaired) electrons. The van der Waals surface area contributed by atoms with Crippen LogP contribution in [0, 0.1) is 0 Å². The van der Waals surface area contributed by atoms with Crippen LogP contribution in [0.4, 0.5) is 0 Å². The van der Waals surface area contributed by atoms with E-state index in [9.17, 15) is 4.79 Å². The van der Waals surface area contributed by atoms with Crippen molar-refractivity contribution >= 4 is 6.29 Å². The number of aldehydes is 1. The molecule has 3 nitrogen and oxygen atoms in total. The van der Waals surface area contributed by atoms with Gasteiger partial charge in [-0.1, -0.05) is 0 Å². The summed E-state index contributed by atoms with van der Waals surface area (Å²) in [6.07, 6.45) is 0.0851. The minimum atomic E-state index is -0.374. The Labute approximate surface area is 61.3 Å². The van der Waals surface area contributed by atoms with Gasteiger partial charge in [0.25, 0.3) is 0 Å². The minimum Gasteiger partial charge on any atom is -0.353 e. The van der Waals surface area contributed by atoms with E-state index in [1.807, 2.05) is 6.92 Å². The van der Waals surface area contributed by atoms with Gasteiger partial charge in [-0.25, -0.2) is 0 Å². The first kappa shape index (κ1) is 9.59. The number of carbonyl (C=O) groups excluding carboxylic acids is 1. The fraction of sp³-hybridized carbons (Fsp3) is 0.857. The molecule has 0 N–H and O–H groups in total. The molecule has 0 spiro atoms. The number of carbonyl (C=O) groups is 1. The highest BCUT2D eigenvalue weighted by Gasteiger charge is 2.05. The first-order valence-corrected chi connectivity index (χ1v) is 3.43. The largest absolute Gasteiger partial charge is 0.353 e. The minimum absolute atomic E-state index is 0.287. The van der Waals surface area contributed by atoms with Gasteiger partial charge in [-0.05, 0) is 20.8 Å². The van der Waals surface area contributed by atoms with Crippen LogP contribution < -0.4 is 0 Å². The van der Waals surface area contributed by atoms with Gasteiger partial charge >= 0.3 is 0 Å². The van der Waals surface area contributed by atoms with E-state index in [1.54, 1.807) is 13.8 Å². The Morgan fingerprint density at radius 2 is 2.10 bits per heavy atom. The fourth-order valence-electron chi connectivity index (χ4n) is 0.608. The maximum atomic E-state index is 10.1. The molecule has 0 amide bonds. The Balaban J connectivity index is 3.36. The first-order valence-electron chi connectivity index (χ1n) is 3.43. The monoisotopic (exact) mass is 146 g/mol. The van der Waals surface area contributed by atoms with Crippen LogP contribution in [0.15, 0.2) is 0 Å². The van der Waals surface area contributed by atoms with E-state index in [0.717, 1.165) is 6.29 Å². The van der Waals surface area contributed by atoms with Crippen molar-refractivity contribution in [2.24, 2.45) is 0 Å². The summed E-state index contributed by atoms with van der Waals surface area (Å²) < 4.78 is 10.1. The number of hydrogen-bond acceptors (Lipinski definition) is 3. The molecule has 0 aromatic heterocycles. The predicted molar refractivity (Wildman–Crippen MR) is 37.7 cm³/mol. The Morgan fingerprint density at radius 1 is 1.50 bits per heavy atom. The summed E-state index contributed by atoms with van der Waals surface area (Å²) >= 11 is 0. The standard InChI is InChI=1S/C7H14O3/c1-4-9-7(3)10-6(2)5-8/h5-7H,4H2,1-3H3/t6-,7?/m0/s1. The van der Waals surface area contributed by atoms with Crippen molar-refractivity contribution in [2.45, 2.75) is 33.2 Å². The Kier molecular flexibility index (Phi) is 5.16. The summed E-state index contributed by atoms with van der Waals surface area (Å²) in [7, 11) is 0. The zero-order valence-corrected chi connectivity index (χ0v) is 6.66. The summed E-state index contributed by atoms with van der Waals surface area (Å²) in [5.74, 6) is 0. The van der Waals surface area contributed by atoms with Gasteiger partial charge < -0.3 is 14.3 Å². The third-order valence-electron chi connectivity index (χ3n) is 0.999. The molecule has 0 aliphatic rings. The fourth-order valence-corrected chi connectivity index (χ4v) is 0.608. The molecule has 0 aromatic rings. The van der Waals surface area contributed by atoms with Gasteiger partial charge in [0, 0.05) is 6.61 Å². The van der Waals surface area contributed by atoms with Crippen LogP contribution in [0.25, 0.3) is 0 Å². The number of rotatable bonds is 5. The normalized spacial score (nSPS) is 16.3. The maximum absolute atomic E-state index is 10.1. The van der Waals surface area contributed by atoms with E-state index in [1.165, 1.54) is 0 Å². The van der Waals surface area contributed by atoms with Gasteiger partial charge in [-0.2, -0.15) is 0 Å². The van der Waals surface area contributed by atoms with Crippen LogP contribution in [-0.2, 0) is 14.3 Å². The highest BCUT2D eigenvalue weighted by atomic mass is 16.7. The Morgan fingerprint density at radius 3 is 2.50 bits per heavy atom. The smallest absolute Gasteiger partial charge is 0.155 e. The summed E-state index contributed by atoms with van der Waals surface area (Å²) in [5.41, 5.74) is 0. The second-order valence-corrected chi connectivity index (χ2v) is 2.00. The van der Waals surface area contributed by atoms with E-state index in [0.29, 0.717) is 6.61 Å². The lowest BCUT2D eigenvalue weighted by Crippen LogP contribution is -2.20. The second kappa shape index (κ2) is 5.38. The van der Waals surface area contributed by atoms with Crippen LogP contribution in [0.2, 0.25) is 0 Å². The third kappa shape index (κ3) is 4.47. The van der Waals surface area contributed by atoms with Crippen molar-refractivity contribution in [3.05, 3.63) is 0 Å². The zero-order valence-electron chi connectivity index (χ0n) is 6.66. The van der Waals surface area contributed by atoms with Gasteiger partial charge in [0.1, 0.15) is 12.4 Å². The van der Waals surface area contributed by atoms with Crippen LogP contribution in [0.1, 0.15) is 20.8 Å². The van der Waals surface area contributed by atoms with Crippen LogP contribution in [0.5, 0.6) is 0 Å². The van der Waals surface area contributed by atoms with Gasteiger partial charge in [0.15, 0.2) is 6.29 Å². The lowest BCUT2D eigenvalue weighted by Gasteiger charge is -2.14. The second-order valence-electron chi connectivity index (χ2n) is 2.00. The van der Waals surface area contributed by atoms with Crippen molar-refractivity contribution in [3.8, 4) is 0 Å². The van der Waals surface area contributed by atoms with Crippen LogP contribution in [0.3, 0.4) is 0 Å². The molecule has 3 heteroatoms. The summed E-state index contributed by atoms with van der Waals surface area (Å²) in [4.78, 5) is 10.1. The molecule has 0 bridgehead atoms. The number of ether oxygens (including phenoxy) is 2. The van der Waals surface area contributed by atoms with Crippen molar-refractivity contribution in [1.29, 1.82) is 0 Å². The van der Waals surface area contributed by atoms with E-state index in [-0.39, 0.29) is 12.4 Å². The Bertz CT molecular complexity index is 92.9. The molecule has 0 saturated carbocycles. The van der Waals surface area contributed by atoms with E-state index >= 15 is 0 Å². The van der Waals surface area contributed by atoms with Gasteiger partial charge in [0.05, 0.1) is 0 Å². The van der Waals surface area contributed by atoms with E-state index in [4.69, 9.17) is 9.47 Å². The maximum Gasteiger partial charge on any atom is 0.155 e. The third-order valence-corrected chi connectivity index (χ3v) is 0.999. The molecule has 60 valence electrons. The molecule has 0 aliphatic heterocycles. The lowest BCUT2D eigenvalue weighted by atomic mass is 10.4. The van der Waals surface area contributed by atoms with E-state index in [2.05, 4.69) is 0 Å². The van der Waals surface area contributed by atoms with Gasteiger partial charge in [0.2, 0.25) is 0 Å². The van der Waals surface area contributed by atoms with Crippen molar-refractivity contribution in [1.82, 2.24) is 0 Å². The molecule has 10 heavy (non-hydrogen) atoms.